The van der Waals surface area contributed by atoms with Crippen LogP contribution in [0, 0.1) is 0 Å². The predicted octanol–water partition coefficient (Wildman–Crippen LogP) is 1.91. The fraction of sp³-hybridized carbons (Fsp3) is 0.250. The summed E-state index contributed by atoms with van der Waals surface area (Å²) < 4.78 is 1.49. The van der Waals surface area contributed by atoms with E-state index in [0.29, 0.717) is 23.4 Å². The number of amides is 4. The molecule has 2 aliphatic rings. The van der Waals surface area contributed by atoms with Gasteiger partial charge in [-0.25, -0.2) is 4.68 Å². The topological polar surface area (TPSA) is 126 Å². The maximum absolute atomic E-state index is 12.9. The Balaban J connectivity index is 1.32. The molecule has 2 N–H and O–H groups in total. The van der Waals surface area contributed by atoms with Crippen LogP contribution in [-0.2, 0) is 20.9 Å². The number of aromatic nitrogens is 3. The summed E-state index contributed by atoms with van der Waals surface area (Å²) in [5.74, 6) is -1.21. The van der Waals surface area contributed by atoms with Gasteiger partial charge in [-0.1, -0.05) is 29.5 Å². The molecule has 10 nitrogen and oxygen atoms in total. The maximum atomic E-state index is 12.9. The van der Waals surface area contributed by atoms with Crippen LogP contribution in [0.1, 0.15) is 41.7 Å². The Hall–Kier alpha value is -4.34. The first-order valence-corrected chi connectivity index (χ1v) is 11.0. The van der Waals surface area contributed by atoms with E-state index in [4.69, 9.17) is 0 Å². The smallest absolute Gasteiger partial charge is 0.255 e. The average Bonchev–Trinajstić information content (AvgIpc) is 3.44. The van der Waals surface area contributed by atoms with Crippen LogP contribution in [0.25, 0.3) is 11.3 Å². The molecule has 1 fully saturated rings. The minimum atomic E-state index is -0.661. The molecule has 4 amide bonds. The Morgan fingerprint density at radius 3 is 2.71 bits per heavy atom. The Bertz CT molecular complexity index is 1300. The Labute approximate surface area is 194 Å². The van der Waals surface area contributed by atoms with E-state index in [-0.39, 0.29) is 30.7 Å². The molecule has 2 unspecified atom stereocenters. The van der Waals surface area contributed by atoms with Crippen LogP contribution in [-0.4, -0.2) is 49.6 Å². The molecule has 1 aromatic heterocycles. The summed E-state index contributed by atoms with van der Waals surface area (Å²) in [4.78, 5) is 50.6. The van der Waals surface area contributed by atoms with Gasteiger partial charge in [0.05, 0.1) is 6.20 Å². The number of imide groups is 1. The standard InChI is InChI=1S/C24H22N6O4/c1-14(22(32)25-17-5-3-2-4-6-17)30-13-19(27-28-30)15-7-8-18-16(11-15)12-29(24(18)34)20-9-10-21(31)26-23(20)33/h2-8,11,13-14,20H,9-10,12H2,1H3,(H,25,32)(H,26,31,33). The number of nitrogens with zero attached hydrogens (tertiary/aromatic N) is 4. The number of rotatable bonds is 5. The molecule has 172 valence electrons. The molecule has 0 bridgehead atoms. The van der Waals surface area contributed by atoms with Crippen molar-refractivity contribution in [3.05, 3.63) is 65.9 Å². The zero-order valence-electron chi connectivity index (χ0n) is 18.4. The molecule has 2 aliphatic heterocycles. The highest BCUT2D eigenvalue weighted by molar-refractivity contribution is 6.05. The van der Waals surface area contributed by atoms with Crippen molar-refractivity contribution < 1.29 is 19.2 Å². The van der Waals surface area contributed by atoms with E-state index in [1.54, 1.807) is 37.4 Å². The largest absolute Gasteiger partial charge is 0.324 e. The lowest BCUT2D eigenvalue weighted by Crippen LogP contribution is -2.52. The summed E-state index contributed by atoms with van der Waals surface area (Å²) in [6.07, 6.45) is 2.21. The van der Waals surface area contributed by atoms with Gasteiger partial charge in [0.25, 0.3) is 5.91 Å². The van der Waals surface area contributed by atoms with Crippen LogP contribution >= 0.6 is 0 Å². The summed E-state index contributed by atoms with van der Waals surface area (Å²) in [7, 11) is 0. The quantitative estimate of drug-likeness (QED) is 0.563. The zero-order chi connectivity index (χ0) is 23.8. The summed E-state index contributed by atoms with van der Waals surface area (Å²) in [5, 5.41) is 13.5. The molecular weight excluding hydrogens is 436 g/mol. The predicted molar refractivity (Wildman–Crippen MR) is 121 cm³/mol. The molecule has 0 saturated carbocycles. The maximum Gasteiger partial charge on any atom is 0.255 e. The van der Waals surface area contributed by atoms with Crippen molar-refractivity contribution in [2.75, 3.05) is 5.32 Å². The third-order valence-corrected chi connectivity index (χ3v) is 6.15. The van der Waals surface area contributed by atoms with E-state index in [9.17, 15) is 19.2 Å². The van der Waals surface area contributed by atoms with Crippen molar-refractivity contribution in [3.8, 4) is 11.3 Å². The van der Waals surface area contributed by atoms with Gasteiger partial charge >= 0.3 is 0 Å². The SMILES string of the molecule is CC(C(=O)Nc1ccccc1)n1cc(-c2ccc3c(c2)CN(C2CCC(=O)NC2=O)C3=O)nn1. The molecule has 34 heavy (non-hydrogen) atoms. The number of carbonyl (C=O) groups is 4. The first-order valence-electron chi connectivity index (χ1n) is 11.0. The number of carbonyl (C=O) groups excluding carboxylic acids is 4. The molecule has 10 heteroatoms. The van der Waals surface area contributed by atoms with Crippen LogP contribution < -0.4 is 10.6 Å². The van der Waals surface area contributed by atoms with Gasteiger partial charge in [-0.05, 0) is 43.2 Å². The molecule has 3 aromatic rings. The summed E-state index contributed by atoms with van der Waals surface area (Å²) >= 11 is 0. The summed E-state index contributed by atoms with van der Waals surface area (Å²) in [6.45, 7) is 2.01. The fourth-order valence-electron chi connectivity index (χ4n) is 4.22. The summed E-state index contributed by atoms with van der Waals surface area (Å²) in [6, 6.07) is 13.3. The number of benzene rings is 2. The normalized spacial score (nSPS) is 18.4. The van der Waals surface area contributed by atoms with Gasteiger partial charge in [-0.15, -0.1) is 5.10 Å². The molecule has 0 spiro atoms. The van der Waals surface area contributed by atoms with Crippen molar-refractivity contribution in [3.63, 3.8) is 0 Å². The summed E-state index contributed by atoms with van der Waals surface area (Å²) in [5.41, 5.74) is 3.31. The number of para-hydroxylation sites is 1. The highest BCUT2D eigenvalue weighted by Gasteiger charge is 2.39. The molecular formula is C24H22N6O4. The van der Waals surface area contributed by atoms with Crippen LogP contribution in [0.4, 0.5) is 5.69 Å². The Morgan fingerprint density at radius 1 is 1.15 bits per heavy atom. The Kier molecular flexibility index (Phi) is 5.40. The number of hydrogen-bond donors (Lipinski definition) is 2. The van der Waals surface area contributed by atoms with Crippen molar-refractivity contribution in [1.82, 2.24) is 25.2 Å². The van der Waals surface area contributed by atoms with E-state index in [1.807, 2.05) is 24.3 Å². The third-order valence-electron chi connectivity index (χ3n) is 6.15. The van der Waals surface area contributed by atoms with E-state index < -0.39 is 18.0 Å². The van der Waals surface area contributed by atoms with Crippen LogP contribution in [0.2, 0.25) is 0 Å². The lowest BCUT2D eigenvalue weighted by Gasteiger charge is -2.29. The van der Waals surface area contributed by atoms with Gasteiger partial charge in [0.15, 0.2) is 0 Å². The van der Waals surface area contributed by atoms with E-state index in [2.05, 4.69) is 20.9 Å². The van der Waals surface area contributed by atoms with E-state index >= 15 is 0 Å². The second-order valence-corrected chi connectivity index (χ2v) is 8.39. The molecule has 0 radical (unpaired) electrons. The monoisotopic (exact) mass is 458 g/mol. The minimum absolute atomic E-state index is 0.209. The zero-order valence-corrected chi connectivity index (χ0v) is 18.4. The molecule has 2 aromatic carbocycles. The lowest BCUT2D eigenvalue weighted by molar-refractivity contribution is -0.137. The van der Waals surface area contributed by atoms with Crippen molar-refractivity contribution in [2.45, 2.75) is 38.4 Å². The highest BCUT2D eigenvalue weighted by atomic mass is 16.2. The van der Waals surface area contributed by atoms with E-state index in [1.165, 1.54) is 9.58 Å². The van der Waals surface area contributed by atoms with Crippen molar-refractivity contribution >= 4 is 29.3 Å². The molecule has 3 heterocycles. The molecule has 2 atom stereocenters. The minimum Gasteiger partial charge on any atom is -0.324 e. The van der Waals surface area contributed by atoms with Gasteiger partial charge < -0.3 is 10.2 Å². The van der Waals surface area contributed by atoms with Crippen molar-refractivity contribution in [2.24, 2.45) is 0 Å². The second-order valence-electron chi connectivity index (χ2n) is 8.39. The van der Waals surface area contributed by atoms with Crippen LogP contribution in [0.5, 0.6) is 0 Å². The number of nitrogens with one attached hydrogen (secondary N) is 2. The number of fused-ring (bicyclic) bond motifs is 1. The molecule has 5 rings (SSSR count). The van der Waals surface area contributed by atoms with Crippen LogP contribution in [0.3, 0.4) is 0 Å². The number of anilines is 1. The molecule has 0 aliphatic carbocycles. The Morgan fingerprint density at radius 2 is 1.94 bits per heavy atom. The van der Waals surface area contributed by atoms with Gasteiger partial charge in [-0.2, -0.15) is 0 Å². The van der Waals surface area contributed by atoms with Gasteiger partial charge in [0.1, 0.15) is 17.8 Å². The first kappa shape index (κ1) is 21.5. The van der Waals surface area contributed by atoms with Gasteiger partial charge in [0.2, 0.25) is 17.7 Å². The molecule has 1 saturated heterocycles. The van der Waals surface area contributed by atoms with Crippen molar-refractivity contribution in [1.29, 1.82) is 0 Å². The number of piperidine rings is 1. The third kappa shape index (κ3) is 3.94. The number of hydrogen-bond acceptors (Lipinski definition) is 6. The lowest BCUT2D eigenvalue weighted by atomic mass is 10.0. The van der Waals surface area contributed by atoms with Gasteiger partial charge in [0, 0.05) is 29.8 Å². The first-order chi connectivity index (χ1) is 16.4. The highest BCUT2D eigenvalue weighted by Crippen LogP contribution is 2.30. The van der Waals surface area contributed by atoms with Gasteiger partial charge in [-0.3, -0.25) is 24.5 Å². The fourth-order valence-corrected chi connectivity index (χ4v) is 4.22. The van der Waals surface area contributed by atoms with Crippen LogP contribution in [0.15, 0.2) is 54.7 Å². The average molecular weight is 458 g/mol. The van der Waals surface area contributed by atoms with E-state index in [0.717, 1.165) is 11.1 Å². The second kappa shape index (κ2) is 8.54.